The first-order chi connectivity index (χ1) is 12.4. The van der Waals surface area contributed by atoms with Gasteiger partial charge in [-0.1, -0.05) is 6.07 Å². The van der Waals surface area contributed by atoms with Crippen LogP contribution in [-0.2, 0) is 11.2 Å². The Morgan fingerprint density at radius 1 is 1.22 bits per heavy atom. The summed E-state index contributed by atoms with van der Waals surface area (Å²) in [5, 5.41) is 6.10. The van der Waals surface area contributed by atoms with Gasteiger partial charge in [0.05, 0.1) is 14.2 Å². The largest absolute Gasteiger partial charge is 0.493 e. The van der Waals surface area contributed by atoms with Gasteiger partial charge in [-0.2, -0.15) is 0 Å². The van der Waals surface area contributed by atoms with Gasteiger partial charge in [0.1, 0.15) is 0 Å². The van der Waals surface area contributed by atoms with Crippen LogP contribution in [0.4, 0.5) is 0 Å². The number of methoxy groups -OCH3 is 2. The van der Waals surface area contributed by atoms with E-state index in [1.54, 1.807) is 21.3 Å². The van der Waals surface area contributed by atoms with Gasteiger partial charge in [0.2, 0.25) is 5.91 Å². The Bertz CT molecular complexity index is 609. The molecule has 7 nitrogen and oxygen atoms in total. The number of amides is 1. The fourth-order valence-electron chi connectivity index (χ4n) is 2.51. The van der Waals surface area contributed by atoms with Gasteiger partial charge in [0.25, 0.3) is 0 Å². The molecule has 0 atom stereocenters. The van der Waals surface area contributed by atoms with E-state index in [4.69, 9.17) is 9.47 Å². The number of guanidine groups is 1. The number of ether oxygens (including phenoxy) is 2. The highest BCUT2D eigenvalue weighted by Crippen LogP contribution is 2.27. The van der Waals surface area contributed by atoms with Gasteiger partial charge in [0.15, 0.2) is 17.5 Å². The molecular formula is C19H33IN4O3. The monoisotopic (exact) mass is 492 g/mol. The minimum absolute atomic E-state index is 0. The molecule has 154 valence electrons. The van der Waals surface area contributed by atoms with Crippen LogP contribution < -0.4 is 20.1 Å². The lowest BCUT2D eigenvalue weighted by atomic mass is 10.1. The predicted octanol–water partition coefficient (Wildman–Crippen LogP) is 2.29. The fraction of sp³-hybridized carbons (Fsp3) is 0.579. The van der Waals surface area contributed by atoms with Crippen LogP contribution in [0.1, 0.15) is 25.8 Å². The number of halogens is 1. The molecule has 0 saturated carbocycles. The van der Waals surface area contributed by atoms with Crippen molar-refractivity contribution in [3.05, 3.63) is 23.8 Å². The summed E-state index contributed by atoms with van der Waals surface area (Å²) in [6.45, 7) is 5.23. The van der Waals surface area contributed by atoms with Crippen molar-refractivity contribution >= 4 is 35.8 Å². The Morgan fingerprint density at radius 2 is 1.89 bits per heavy atom. The normalized spacial score (nSPS) is 10.9. The number of nitrogens with one attached hydrogen (secondary N) is 2. The summed E-state index contributed by atoms with van der Waals surface area (Å²) in [4.78, 5) is 18.0. The molecule has 0 aliphatic heterocycles. The molecule has 1 amide bonds. The molecule has 0 radical (unpaired) electrons. The number of nitrogens with zero attached hydrogens (tertiary/aromatic N) is 2. The molecule has 27 heavy (non-hydrogen) atoms. The van der Waals surface area contributed by atoms with E-state index < -0.39 is 0 Å². The van der Waals surface area contributed by atoms with Crippen molar-refractivity contribution in [2.45, 2.75) is 32.7 Å². The Kier molecular flexibility index (Phi) is 12.6. The molecular weight excluding hydrogens is 459 g/mol. The summed E-state index contributed by atoms with van der Waals surface area (Å²) < 4.78 is 10.6. The zero-order chi connectivity index (χ0) is 19.5. The highest BCUT2D eigenvalue weighted by Gasteiger charge is 2.09. The van der Waals surface area contributed by atoms with E-state index in [-0.39, 0.29) is 35.9 Å². The van der Waals surface area contributed by atoms with E-state index in [2.05, 4.69) is 15.6 Å². The Balaban J connectivity index is 0.00000676. The molecule has 8 heteroatoms. The zero-order valence-electron chi connectivity index (χ0n) is 17.2. The van der Waals surface area contributed by atoms with Crippen molar-refractivity contribution in [1.82, 2.24) is 15.5 Å². The average Bonchev–Trinajstić information content (AvgIpc) is 2.62. The maximum atomic E-state index is 11.7. The number of aliphatic imine (C=N–C) groups is 1. The van der Waals surface area contributed by atoms with E-state index in [0.717, 1.165) is 36.0 Å². The average molecular weight is 492 g/mol. The van der Waals surface area contributed by atoms with Crippen molar-refractivity contribution < 1.29 is 14.3 Å². The van der Waals surface area contributed by atoms with Gasteiger partial charge in [-0.05, 0) is 38.0 Å². The van der Waals surface area contributed by atoms with Crippen molar-refractivity contribution in [3.8, 4) is 11.5 Å². The zero-order valence-corrected chi connectivity index (χ0v) is 19.5. The lowest BCUT2D eigenvalue weighted by Crippen LogP contribution is -2.41. The fourth-order valence-corrected chi connectivity index (χ4v) is 2.51. The van der Waals surface area contributed by atoms with Gasteiger partial charge in [-0.25, -0.2) is 0 Å². The number of carbonyl (C=O) groups is 1. The molecule has 1 rings (SSSR count). The quantitative estimate of drug-likeness (QED) is 0.315. The van der Waals surface area contributed by atoms with E-state index in [9.17, 15) is 4.79 Å². The molecule has 0 spiro atoms. The highest BCUT2D eigenvalue weighted by atomic mass is 127. The topological polar surface area (TPSA) is 75.2 Å². The molecule has 1 aromatic carbocycles. The summed E-state index contributed by atoms with van der Waals surface area (Å²) in [6, 6.07) is 6.08. The van der Waals surface area contributed by atoms with Crippen LogP contribution in [0.5, 0.6) is 11.5 Å². The Morgan fingerprint density at radius 3 is 2.44 bits per heavy atom. The van der Waals surface area contributed by atoms with Crippen molar-refractivity contribution in [1.29, 1.82) is 0 Å². The van der Waals surface area contributed by atoms with Crippen LogP contribution in [0, 0.1) is 0 Å². The minimum atomic E-state index is 0. The number of likely N-dealkylation sites (N-methyl/N-ethyl adjacent to an activating group) is 1. The molecule has 0 aromatic heterocycles. The third kappa shape index (κ3) is 9.16. The van der Waals surface area contributed by atoms with Crippen molar-refractivity contribution in [3.63, 3.8) is 0 Å². The minimum Gasteiger partial charge on any atom is -0.493 e. The summed E-state index contributed by atoms with van der Waals surface area (Å²) in [5.74, 6) is 2.26. The molecule has 2 N–H and O–H groups in total. The molecule has 0 aliphatic carbocycles. The SMILES string of the molecule is CN=C(NCCC(=O)NC(C)C)N(C)CCc1ccc(OC)c(OC)c1.I. The first-order valence-corrected chi connectivity index (χ1v) is 8.83. The van der Waals surface area contributed by atoms with Gasteiger partial charge >= 0.3 is 0 Å². The lowest BCUT2D eigenvalue weighted by Gasteiger charge is -2.22. The first kappa shape index (κ1) is 25.3. The smallest absolute Gasteiger partial charge is 0.221 e. The molecule has 0 unspecified atom stereocenters. The maximum Gasteiger partial charge on any atom is 0.221 e. The van der Waals surface area contributed by atoms with E-state index in [1.165, 1.54) is 0 Å². The molecule has 0 heterocycles. The lowest BCUT2D eigenvalue weighted by molar-refractivity contribution is -0.121. The second-order valence-electron chi connectivity index (χ2n) is 6.31. The second kappa shape index (κ2) is 13.5. The summed E-state index contributed by atoms with van der Waals surface area (Å²) in [5.41, 5.74) is 1.15. The molecule has 1 aromatic rings. The highest BCUT2D eigenvalue weighted by molar-refractivity contribution is 14.0. The number of benzene rings is 1. The van der Waals surface area contributed by atoms with Gasteiger partial charge in [-0.3, -0.25) is 9.79 Å². The standard InChI is InChI=1S/C19H32N4O3.HI/c1-14(2)22-18(24)9-11-21-19(20-3)23(4)12-10-15-7-8-16(25-5)17(13-15)26-6;/h7-8,13-14H,9-12H2,1-6H3,(H,20,21)(H,22,24);1H. The molecule has 0 saturated heterocycles. The number of rotatable bonds is 9. The molecule has 0 aliphatic rings. The van der Waals surface area contributed by atoms with Crippen LogP contribution in [0.2, 0.25) is 0 Å². The summed E-state index contributed by atoms with van der Waals surface area (Å²) >= 11 is 0. The Labute approximate surface area is 179 Å². The van der Waals surface area contributed by atoms with Crippen LogP contribution in [0.25, 0.3) is 0 Å². The second-order valence-corrected chi connectivity index (χ2v) is 6.31. The van der Waals surface area contributed by atoms with E-state index in [0.29, 0.717) is 13.0 Å². The van der Waals surface area contributed by atoms with Gasteiger partial charge < -0.3 is 25.0 Å². The first-order valence-electron chi connectivity index (χ1n) is 8.83. The van der Waals surface area contributed by atoms with E-state index >= 15 is 0 Å². The van der Waals surface area contributed by atoms with E-state index in [1.807, 2.05) is 44.0 Å². The Hall–Kier alpha value is -1.71. The third-order valence-corrected chi connectivity index (χ3v) is 3.84. The maximum absolute atomic E-state index is 11.7. The van der Waals surface area contributed by atoms with Gasteiger partial charge in [0, 0.05) is 39.6 Å². The number of hydrogen-bond donors (Lipinski definition) is 2. The predicted molar refractivity (Wildman–Crippen MR) is 121 cm³/mol. The number of carbonyl (C=O) groups excluding carboxylic acids is 1. The summed E-state index contributed by atoms with van der Waals surface area (Å²) in [7, 11) is 6.98. The third-order valence-electron chi connectivity index (χ3n) is 3.84. The molecule has 0 fully saturated rings. The van der Waals surface area contributed by atoms with Crippen LogP contribution in [0.3, 0.4) is 0 Å². The van der Waals surface area contributed by atoms with Crippen LogP contribution in [0.15, 0.2) is 23.2 Å². The van der Waals surface area contributed by atoms with Gasteiger partial charge in [-0.15, -0.1) is 24.0 Å². The van der Waals surface area contributed by atoms with Crippen molar-refractivity contribution in [2.75, 3.05) is 41.4 Å². The summed E-state index contributed by atoms with van der Waals surface area (Å²) in [6.07, 6.45) is 1.26. The van der Waals surface area contributed by atoms with Crippen molar-refractivity contribution in [2.24, 2.45) is 4.99 Å². The van der Waals surface area contributed by atoms with Crippen LogP contribution >= 0.6 is 24.0 Å². The number of hydrogen-bond acceptors (Lipinski definition) is 4. The molecule has 0 bridgehead atoms. The van der Waals surface area contributed by atoms with Crippen LogP contribution in [-0.4, -0.2) is 64.2 Å².